The van der Waals surface area contributed by atoms with Crippen LogP contribution in [0.15, 0.2) is 0 Å². The van der Waals surface area contributed by atoms with Gasteiger partial charge >= 0.3 is 0 Å². The van der Waals surface area contributed by atoms with Gasteiger partial charge < -0.3 is 0 Å². The minimum atomic E-state index is 0.561. The lowest BCUT2D eigenvalue weighted by Crippen LogP contribution is -2.62. The van der Waals surface area contributed by atoms with Crippen LogP contribution in [0.25, 0.3) is 0 Å². The Balaban J connectivity index is 1.55. The van der Waals surface area contributed by atoms with Crippen LogP contribution in [-0.4, -0.2) is 0 Å². The van der Waals surface area contributed by atoms with E-state index in [1.165, 1.54) is 77.0 Å². The van der Waals surface area contributed by atoms with Gasteiger partial charge in [-0.2, -0.15) is 0 Å². The summed E-state index contributed by atoms with van der Waals surface area (Å²) in [6, 6.07) is 0. The fourth-order valence-electron chi connectivity index (χ4n) is 10.4. The van der Waals surface area contributed by atoms with Gasteiger partial charge in [0.25, 0.3) is 0 Å². The lowest BCUT2D eigenvalue weighted by atomic mass is 9.35. The molecule has 0 unspecified atom stereocenters. The van der Waals surface area contributed by atoms with Crippen LogP contribution < -0.4 is 0 Å². The van der Waals surface area contributed by atoms with Crippen molar-refractivity contribution in [1.29, 1.82) is 0 Å². The molecule has 172 valence electrons. The summed E-state index contributed by atoms with van der Waals surface area (Å²) in [6.07, 6.45) is 17.7. The number of rotatable bonds is 5. The standard InChI is InChI=1S/C30H53/c1-21(2)11-9-12-22(3)23-15-19-29(7)24(23)13-14-26-28(6)18-10-17-27(4,5)25(28)16-20-30(26,29)8/h21,23-26H,9-20H2,1-8H3/q+1/t23-,24-,25+,26-,28+,29-,30-/m1/s1. The fraction of sp³-hybridized carbons (Fsp3) is 0.967. The maximum absolute atomic E-state index is 2.78. The molecule has 0 saturated heterocycles. The van der Waals surface area contributed by atoms with Crippen molar-refractivity contribution in [2.75, 3.05) is 0 Å². The molecule has 4 aliphatic rings. The Labute approximate surface area is 189 Å². The quantitative estimate of drug-likeness (QED) is 0.394. The summed E-state index contributed by atoms with van der Waals surface area (Å²) in [5.74, 6) is 6.53. The molecule has 0 bridgehead atoms. The van der Waals surface area contributed by atoms with Gasteiger partial charge in [-0.3, -0.25) is 0 Å². The number of hydrogen-bond donors (Lipinski definition) is 0. The third-order valence-electron chi connectivity index (χ3n) is 12.1. The molecule has 0 aromatic rings. The van der Waals surface area contributed by atoms with Crippen LogP contribution >= 0.6 is 0 Å². The molecule has 30 heavy (non-hydrogen) atoms. The minimum absolute atomic E-state index is 0.561. The van der Waals surface area contributed by atoms with Crippen molar-refractivity contribution >= 4 is 0 Å². The Morgan fingerprint density at radius 2 is 1.50 bits per heavy atom. The van der Waals surface area contributed by atoms with E-state index in [1.807, 2.05) is 5.92 Å². The van der Waals surface area contributed by atoms with Crippen LogP contribution in [0.1, 0.15) is 132 Å². The van der Waals surface area contributed by atoms with E-state index in [2.05, 4.69) is 55.4 Å². The van der Waals surface area contributed by atoms with Gasteiger partial charge in [-0.15, -0.1) is 0 Å². The second kappa shape index (κ2) is 7.73. The summed E-state index contributed by atoms with van der Waals surface area (Å²) >= 11 is 0. The van der Waals surface area contributed by atoms with E-state index >= 15 is 0 Å². The Bertz CT molecular complexity index is 616. The lowest BCUT2D eigenvalue weighted by molar-refractivity contribution is -0.202. The fourth-order valence-corrected chi connectivity index (χ4v) is 10.4. The van der Waals surface area contributed by atoms with Gasteiger partial charge in [0, 0.05) is 5.92 Å². The summed E-state index contributed by atoms with van der Waals surface area (Å²) in [5.41, 5.74) is 2.30. The number of hydrogen-bond acceptors (Lipinski definition) is 0. The van der Waals surface area contributed by atoms with E-state index in [-0.39, 0.29) is 0 Å². The molecule has 0 aromatic heterocycles. The molecule has 4 saturated carbocycles. The Hall–Kier alpha value is -0.130. The zero-order valence-electron chi connectivity index (χ0n) is 21.9. The average Bonchev–Trinajstić information content (AvgIpc) is 2.99. The third kappa shape index (κ3) is 3.32. The molecule has 4 aliphatic carbocycles. The first-order valence-electron chi connectivity index (χ1n) is 13.8. The molecule has 7 atom stereocenters. The van der Waals surface area contributed by atoms with Crippen molar-refractivity contribution in [3.05, 3.63) is 5.92 Å². The number of fused-ring (bicyclic) bond motifs is 5. The van der Waals surface area contributed by atoms with Crippen molar-refractivity contribution in [3.8, 4) is 0 Å². The summed E-state index contributed by atoms with van der Waals surface area (Å²) in [5, 5.41) is 0. The summed E-state index contributed by atoms with van der Waals surface area (Å²) in [7, 11) is 0. The summed E-state index contributed by atoms with van der Waals surface area (Å²) in [6.45, 7) is 20.8. The molecule has 0 nitrogen and oxygen atoms in total. The zero-order chi connectivity index (χ0) is 21.9. The Morgan fingerprint density at radius 1 is 0.800 bits per heavy atom. The summed E-state index contributed by atoms with van der Waals surface area (Å²) in [4.78, 5) is 0. The monoisotopic (exact) mass is 413 g/mol. The normalized spacial score (nSPS) is 47.5. The molecule has 0 amide bonds. The smallest absolute Gasteiger partial charge is 0.0628 e. The molecule has 0 aromatic carbocycles. The van der Waals surface area contributed by atoms with Crippen LogP contribution in [0.3, 0.4) is 0 Å². The summed E-state index contributed by atoms with van der Waals surface area (Å²) < 4.78 is 0. The van der Waals surface area contributed by atoms with Crippen LogP contribution in [-0.2, 0) is 0 Å². The van der Waals surface area contributed by atoms with Gasteiger partial charge in [0.1, 0.15) is 5.92 Å². The van der Waals surface area contributed by atoms with Gasteiger partial charge in [-0.1, -0.05) is 54.9 Å². The van der Waals surface area contributed by atoms with Crippen molar-refractivity contribution < 1.29 is 0 Å². The van der Waals surface area contributed by atoms with Gasteiger partial charge in [-0.25, -0.2) is 0 Å². The van der Waals surface area contributed by atoms with E-state index in [0.29, 0.717) is 21.7 Å². The first kappa shape index (κ1) is 23.0. The third-order valence-corrected chi connectivity index (χ3v) is 12.1. The highest BCUT2D eigenvalue weighted by molar-refractivity contribution is 5.18. The molecule has 0 heterocycles. The van der Waals surface area contributed by atoms with Gasteiger partial charge in [-0.05, 0) is 104 Å². The minimum Gasteiger partial charge on any atom is -0.0628 e. The van der Waals surface area contributed by atoms with E-state index < -0.39 is 0 Å². The highest BCUT2D eigenvalue weighted by Gasteiger charge is 2.69. The molecule has 0 heteroatoms. The Kier molecular flexibility index (Phi) is 5.94. The first-order valence-corrected chi connectivity index (χ1v) is 13.8. The van der Waals surface area contributed by atoms with Crippen molar-refractivity contribution in [2.45, 2.75) is 132 Å². The van der Waals surface area contributed by atoms with Crippen LogP contribution in [0.5, 0.6) is 0 Å². The van der Waals surface area contributed by atoms with Crippen molar-refractivity contribution in [2.24, 2.45) is 51.2 Å². The van der Waals surface area contributed by atoms with Crippen LogP contribution in [0.4, 0.5) is 0 Å². The van der Waals surface area contributed by atoms with Crippen molar-refractivity contribution in [3.63, 3.8) is 0 Å². The molecule has 0 aliphatic heterocycles. The average molecular weight is 414 g/mol. The largest absolute Gasteiger partial charge is 0.103 e. The first-order chi connectivity index (χ1) is 14.0. The topological polar surface area (TPSA) is 0 Å². The van der Waals surface area contributed by atoms with Crippen LogP contribution in [0, 0.1) is 57.2 Å². The van der Waals surface area contributed by atoms with Crippen LogP contribution in [0.2, 0.25) is 0 Å². The van der Waals surface area contributed by atoms with Gasteiger partial charge in [0.2, 0.25) is 0 Å². The molecule has 0 spiro atoms. The molecular weight excluding hydrogens is 360 g/mol. The maximum Gasteiger partial charge on any atom is 0.103 e. The zero-order valence-corrected chi connectivity index (χ0v) is 21.9. The molecule has 0 N–H and O–H groups in total. The van der Waals surface area contributed by atoms with E-state index in [4.69, 9.17) is 0 Å². The van der Waals surface area contributed by atoms with E-state index in [1.54, 1.807) is 0 Å². The van der Waals surface area contributed by atoms with E-state index in [9.17, 15) is 0 Å². The molecule has 4 rings (SSSR count). The predicted molar refractivity (Wildman–Crippen MR) is 131 cm³/mol. The maximum atomic E-state index is 2.78. The van der Waals surface area contributed by atoms with Gasteiger partial charge in [0.15, 0.2) is 0 Å². The lowest BCUT2D eigenvalue weighted by Gasteiger charge is -2.69. The molecule has 4 fully saturated rings. The Morgan fingerprint density at radius 3 is 2.20 bits per heavy atom. The van der Waals surface area contributed by atoms with E-state index in [0.717, 1.165) is 29.6 Å². The molecule has 0 radical (unpaired) electrons. The SMILES string of the molecule is C[C+](CCCC(C)C)[C@H]1CC[C@]2(C)[C@@H]1CC[C@@H]1[C@@]3(C)CCCC(C)(C)[C@@H]3CC[C@]12C. The molecular formula is C30H53+. The van der Waals surface area contributed by atoms with Gasteiger partial charge in [0.05, 0.1) is 19.3 Å². The second-order valence-corrected chi connectivity index (χ2v) is 14.3. The highest BCUT2D eigenvalue weighted by atomic mass is 14.7. The van der Waals surface area contributed by atoms with Crippen molar-refractivity contribution in [1.82, 2.24) is 0 Å². The second-order valence-electron chi connectivity index (χ2n) is 14.3. The highest BCUT2D eigenvalue weighted by Crippen LogP contribution is 2.75. The predicted octanol–water partition coefficient (Wildman–Crippen LogP) is 9.48.